The number of nitrogens with one attached hydrogen (secondary N) is 3. The number of nitrogens with two attached hydrogens (primary N) is 2. The van der Waals surface area contributed by atoms with Gasteiger partial charge in [0.15, 0.2) is 5.82 Å². The van der Waals surface area contributed by atoms with Crippen molar-refractivity contribution in [3.63, 3.8) is 0 Å². The summed E-state index contributed by atoms with van der Waals surface area (Å²) in [5.41, 5.74) is 12.4. The number of primary amides is 1. The molecule has 2 aromatic carbocycles. The molecule has 7 nitrogen and oxygen atoms in total. The van der Waals surface area contributed by atoms with Gasteiger partial charge in [-0.2, -0.15) is 0 Å². The van der Waals surface area contributed by atoms with Crippen LogP contribution < -0.4 is 21.7 Å². The van der Waals surface area contributed by atoms with Crippen molar-refractivity contribution in [1.29, 1.82) is 5.41 Å². The summed E-state index contributed by atoms with van der Waals surface area (Å²) in [6.45, 7) is 3.38. The fourth-order valence-electron chi connectivity index (χ4n) is 2.43. The van der Waals surface area contributed by atoms with Gasteiger partial charge in [-0.15, -0.1) is 4.48 Å². The van der Waals surface area contributed by atoms with E-state index in [0.29, 0.717) is 5.57 Å². The van der Waals surface area contributed by atoms with Gasteiger partial charge >= 0.3 is 0 Å². The molecule has 0 radical (unpaired) electrons. The molecule has 0 bridgehead atoms. The van der Waals surface area contributed by atoms with Crippen LogP contribution >= 0.6 is 11.9 Å². The molecular formula is C22H21F3N6OS. The summed E-state index contributed by atoms with van der Waals surface area (Å²) in [6.07, 6.45) is 5.56. The number of aliphatic imine (C=N–C) groups is 1. The van der Waals surface area contributed by atoms with Gasteiger partial charge in [-0.25, -0.2) is 14.3 Å². The standard InChI is InChI=1S/C22H21F3N6OS/c1-13(22(28)32)29-9-3-4-14(12-26)10-18(27)16-5-2-6-19(21(16)24)31-33-20-11-15(30-25)7-8-17(20)23/h2-9,11-12,27,30-31H,1,10,26H2,(H2,28,32)/b4-3+,14-12-,27-18?,29-9?. The molecule has 1 amide bonds. The van der Waals surface area contributed by atoms with Crippen LogP contribution in [0.3, 0.4) is 0 Å². The summed E-state index contributed by atoms with van der Waals surface area (Å²) < 4.78 is 44.1. The Morgan fingerprint density at radius 3 is 2.70 bits per heavy atom. The molecule has 0 heterocycles. The van der Waals surface area contributed by atoms with Crippen LogP contribution in [0.4, 0.5) is 24.6 Å². The third kappa shape index (κ3) is 7.28. The number of carbonyl (C=O) groups is 1. The van der Waals surface area contributed by atoms with Gasteiger partial charge in [-0.05, 0) is 54.1 Å². The molecule has 11 heteroatoms. The molecule has 7 N–H and O–H groups in total. The zero-order valence-electron chi connectivity index (χ0n) is 17.2. The summed E-state index contributed by atoms with van der Waals surface area (Å²) >= 11 is 0.761. The lowest BCUT2D eigenvalue weighted by Gasteiger charge is -2.12. The molecule has 0 aliphatic carbocycles. The second kappa shape index (κ2) is 12.2. The van der Waals surface area contributed by atoms with E-state index in [1.165, 1.54) is 60.4 Å². The molecule has 0 saturated carbocycles. The molecule has 0 spiro atoms. The summed E-state index contributed by atoms with van der Waals surface area (Å²) in [7, 11) is 0. The monoisotopic (exact) mass is 474 g/mol. The van der Waals surface area contributed by atoms with Gasteiger partial charge in [-0.1, -0.05) is 24.8 Å². The van der Waals surface area contributed by atoms with Gasteiger partial charge in [0, 0.05) is 23.9 Å². The maximum Gasteiger partial charge on any atom is 0.266 e. The van der Waals surface area contributed by atoms with E-state index in [1.54, 1.807) is 0 Å². The summed E-state index contributed by atoms with van der Waals surface area (Å²) in [4.78, 5) is 14.6. The summed E-state index contributed by atoms with van der Waals surface area (Å²) in [5.74, 6) is -2.08. The summed E-state index contributed by atoms with van der Waals surface area (Å²) in [6, 6.07) is 7.92. The number of benzene rings is 2. The minimum atomic E-state index is -0.757. The Kier molecular flexibility index (Phi) is 9.30. The Hall–Kier alpha value is -3.99. The van der Waals surface area contributed by atoms with Crippen LogP contribution in [0.1, 0.15) is 12.0 Å². The maximum absolute atomic E-state index is 15.0. The molecule has 0 atom stereocenters. The summed E-state index contributed by atoms with van der Waals surface area (Å²) in [5, 5.41) is 8.27. The fraction of sp³-hybridized carbons (Fsp3) is 0.0455. The van der Waals surface area contributed by atoms with Crippen molar-refractivity contribution in [2.45, 2.75) is 11.3 Å². The molecule has 0 aromatic heterocycles. The van der Waals surface area contributed by atoms with Crippen LogP contribution in [0.2, 0.25) is 0 Å². The minimum Gasteiger partial charge on any atom is -0.404 e. The number of halogens is 3. The van der Waals surface area contributed by atoms with Gasteiger partial charge < -0.3 is 21.6 Å². The Balaban J connectivity index is 2.10. The number of nitrogens with zero attached hydrogens (tertiary/aromatic N) is 1. The first-order chi connectivity index (χ1) is 15.8. The molecule has 172 valence electrons. The van der Waals surface area contributed by atoms with Crippen LogP contribution in [0.25, 0.3) is 0 Å². The van der Waals surface area contributed by atoms with E-state index in [2.05, 4.69) is 16.3 Å². The number of hydrogen-bond acceptors (Lipinski definition) is 7. The zero-order valence-corrected chi connectivity index (χ0v) is 18.1. The maximum atomic E-state index is 15.0. The smallest absolute Gasteiger partial charge is 0.266 e. The predicted molar refractivity (Wildman–Crippen MR) is 127 cm³/mol. The highest BCUT2D eigenvalue weighted by molar-refractivity contribution is 8.00. The van der Waals surface area contributed by atoms with Crippen molar-refractivity contribution in [2.24, 2.45) is 16.5 Å². The molecule has 2 rings (SSSR count). The fourth-order valence-corrected chi connectivity index (χ4v) is 3.16. The van der Waals surface area contributed by atoms with E-state index in [9.17, 15) is 18.1 Å². The van der Waals surface area contributed by atoms with Crippen LogP contribution in [0.5, 0.6) is 0 Å². The van der Waals surface area contributed by atoms with E-state index in [4.69, 9.17) is 16.9 Å². The highest BCUT2D eigenvalue weighted by Crippen LogP contribution is 2.29. The number of anilines is 2. The molecule has 0 aliphatic rings. The molecule has 0 unspecified atom stereocenters. The van der Waals surface area contributed by atoms with E-state index >= 15 is 0 Å². The Labute approximate surface area is 192 Å². The number of allylic oxidation sites excluding steroid dienone is 3. The van der Waals surface area contributed by atoms with Gasteiger partial charge in [-0.3, -0.25) is 9.79 Å². The van der Waals surface area contributed by atoms with E-state index in [-0.39, 0.29) is 39.7 Å². The van der Waals surface area contributed by atoms with Gasteiger partial charge in [0.05, 0.1) is 16.3 Å². The van der Waals surface area contributed by atoms with E-state index in [0.717, 1.165) is 18.0 Å². The highest BCUT2D eigenvalue weighted by Gasteiger charge is 2.14. The van der Waals surface area contributed by atoms with Crippen LogP contribution in [0, 0.1) is 17.0 Å². The lowest BCUT2D eigenvalue weighted by Crippen LogP contribution is -2.11. The van der Waals surface area contributed by atoms with Crippen molar-refractivity contribution < 1.29 is 18.1 Å². The SMILES string of the molecule is C=C(N=C/C=C/C(=C/N)CC(=N)c1cccc(NSc2cc(NF)ccc2F)c1F)C(N)=O. The first-order valence-electron chi connectivity index (χ1n) is 9.32. The third-order valence-corrected chi connectivity index (χ3v) is 5.00. The normalized spacial score (nSPS) is 11.7. The van der Waals surface area contributed by atoms with Gasteiger partial charge in [0.2, 0.25) is 0 Å². The average molecular weight is 475 g/mol. The van der Waals surface area contributed by atoms with Gasteiger partial charge in [0.25, 0.3) is 5.91 Å². The van der Waals surface area contributed by atoms with Crippen LogP contribution in [0.15, 0.2) is 82.5 Å². The first kappa shape index (κ1) is 25.3. The first-order valence-corrected chi connectivity index (χ1v) is 10.1. The lowest BCUT2D eigenvalue weighted by molar-refractivity contribution is -0.114. The Morgan fingerprint density at radius 2 is 2.03 bits per heavy atom. The van der Waals surface area contributed by atoms with Crippen LogP contribution in [-0.4, -0.2) is 17.8 Å². The van der Waals surface area contributed by atoms with Crippen molar-refractivity contribution >= 4 is 41.2 Å². The number of rotatable bonds is 11. The number of hydrogen-bond donors (Lipinski definition) is 5. The molecule has 0 saturated heterocycles. The number of amides is 1. The molecule has 2 aromatic rings. The average Bonchev–Trinajstić information content (AvgIpc) is 2.80. The number of carbonyl (C=O) groups excluding carboxylic acids is 1. The topological polar surface area (TPSA) is 129 Å². The molecular weight excluding hydrogens is 453 g/mol. The quantitative estimate of drug-likeness (QED) is 0.107. The van der Waals surface area contributed by atoms with Crippen molar-refractivity contribution in [2.75, 3.05) is 10.3 Å². The molecule has 33 heavy (non-hydrogen) atoms. The Morgan fingerprint density at radius 1 is 1.27 bits per heavy atom. The predicted octanol–water partition coefficient (Wildman–Crippen LogP) is 4.61. The second-order valence-corrected chi connectivity index (χ2v) is 7.30. The van der Waals surface area contributed by atoms with Crippen molar-refractivity contribution in [1.82, 2.24) is 0 Å². The second-order valence-electron chi connectivity index (χ2n) is 6.46. The van der Waals surface area contributed by atoms with Gasteiger partial charge in [0.1, 0.15) is 11.5 Å². The molecule has 0 aliphatic heterocycles. The zero-order chi connectivity index (χ0) is 24.4. The highest BCUT2D eigenvalue weighted by atomic mass is 32.2. The van der Waals surface area contributed by atoms with E-state index < -0.39 is 17.5 Å². The largest absolute Gasteiger partial charge is 0.404 e. The van der Waals surface area contributed by atoms with Crippen molar-refractivity contribution in [3.05, 3.63) is 89.8 Å². The molecule has 0 fully saturated rings. The lowest BCUT2D eigenvalue weighted by atomic mass is 10.0. The van der Waals surface area contributed by atoms with Crippen molar-refractivity contribution in [3.8, 4) is 0 Å². The minimum absolute atomic E-state index is 0.00393. The van der Waals surface area contributed by atoms with E-state index in [1.807, 2.05) is 0 Å². The van der Waals surface area contributed by atoms with Crippen LogP contribution in [-0.2, 0) is 4.79 Å². The third-order valence-electron chi connectivity index (χ3n) is 4.14. The Bertz CT molecular complexity index is 1150.